The lowest BCUT2D eigenvalue weighted by molar-refractivity contribution is 0.151. The first-order chi connectivity index (χ1) is 14.0. The van der Waals surface area contributed by atoms with E-state index in [0.717, 1.165) is 54.5 Å². The lowest BCUT2D eigenvalue weighted by Gasteiger charge is -2.34. The number of halogens is 2. The van der Waals surface area contributed by atoms with Gasteiger partial charge in [0.2, 0.25) is 0 Å². The van der Waals surface area contributed by atoms with Crippen LogP contribution in [0.1, 0.15) is 37.3 Å². The van der Waals surface area contributed by atoms with E-state index in [1.165, 1.54) is 6.42 Å². The molecule has 7 heteroatoms. The van der Waals surface area contributed by atoms with E-state index >= 15 is 0 Å². The third kappa shape index (κ3) is 6.99. The van der Waals surface area contributed by atoms with Gasteiger partial charge >= 0.3 is 0 Å². The first-order valence-corrected chi connectivity index (χ1v) is 10.3. The first-order valence-electron chi connectivity index (χ1n) is 10.3. The molecule has 0 aliphatic carbocycles. The van der Waals surface area contributed by atoms with Crippen molar-refractivity contribution in [1.29, 1.82) is 0 Å². The molecule has 1 aliphatic heterocycles. The number of piperidine rings is 1. The molecule has 0 atom stereocenters. The Morgan fingerprint density at radius 1 is 1.34 bits per heavy atom. The van der Waals surface area contributed by atoms with Gasteiger partial charge in [0.15, 0.2) is 0 Å². The summed E-state index contributed by atoms with van der Waals surface area (Å²) < 4.78 is 30.7. The van der Waals surface area contributed by atoms with Crippen LogP contribution in [0.15, 0.2) is 29.4 Å². The van der Waals surface area contributed by atoms with E-state index in [9.17, 15) is 8.78 Å². The standard InChI is InChI=1S/C22H34F2N4O/c1-5-17-8-10-28(11-9-17)22(15-29-4)27-20(13-26-14-21(23)24)19-12-18(25-3)7-6-16(19)2/h6-7,12-13,17,21,25-26H,5,8-11,14-15H2,1-4H3/b20-13-,27-22+. The van der Waals surface area contributed by atoms with Gasteiger partial charge in [-0.15, -0.1) is 0 Å². The third-order valence-electron chi connectivity index (χ3n) is 5.39. The summed E-state index contributed by atoms with van der Waals surface area (Å²) in [5.74, 6) is 1.59. The highest BCUT2D eigenvalue weighted by atomic mass is 19.3. The molecular weight excluding hydrogens is 374 g/mol. The number of alkyl halides is 2. The fraction of sp³-hybridized carbons (Fsp3) is 0.591. The van der Waals surface area contributed by atoms with Crippen LogP contribution in [0.25, 0.3) is 5.70 Å². The number of anilines is 1. The molecule has 0 spiro atoms. The summed E-state index contributed by atoms with van der Waals surface area (Å²) in [6.45, 7) is 6.08. The summed E-state index contributed by atoms with van der Waals surface area (Å²) in [5.41, 5.74) is 3.50. The molecule has 0 bridgehead atoms. The van der Waals surface area contributed by atoms with E-state index in [1.807, 2.05) is 32.2 Å². The van der Waals surface area contributed by atoms with Crippen LogP contribution in [0, 0.1) is 12.8 Å². The minimum absolute atomic E-state index is 0.383. The van der Waals surface area contributed by atoms with Crippen molar-refractivity contribution in [3.8, 4) is 0 Å². The Balaban J connectivity index is 2.37. The molecule has 1 aromatic carbocycles. The van der Waals surface area contributed by atoms with E-state index in [2.05, 4.69) is 22.5 Å². The van der Waals surface area contributed by atoms with Crippen LogP contribution >= 0.6 is 0 Å². The van der Waals surface area contributed by atoms with Gasteiger partial charge in [0, 0.05) is 44.7 Å². The number of likely N-dealkylation sites (tertiary alicyclic amines) is 1. The molecule has 0 saturated carbocycles. The van der Waals surface area contributed by atoms with Crippen LogP contribution in [-0.4, -0.2) is 57.6 Å². The van der Waals surface area contributed by atoms with Crippen LogP contribution in [0.3, 0.4) is 0 Å². The second-order valence-corrected chi connectivity index (χ2v) is 7.41. The van der Waals surface area contributed by atoms with Crippen LogP contribution in [-0.2, 0) is 4.74 Å². The van der Waals surface area contributed by atoms with E-state index in [1.54, 1.807) is 13.3 Å². The molecule has 1 fully saturated rings. The summed E-state index contributed by atoms with van der Waals surface area (Å²) in [6.07, 6.45) is 2.63. The fourth-order valence-electron chi connectivity index (χ4n) is 3.53. The lowest BCUT2D eigenvalue weighted by Crippen LogP contribution is -2.40. The Bertz CT molecular complexity index is 698. The van der Waals surface area contributed by atoms with Gasteiger partial charge in [-0.3, -0.25) is 0 Å². The van der Waals surface area contributed by atoms with Crippen LogP contribution in [0.4, 0.5) is 14.5 Å². The smallest absolute Gasteiger partial charge is 0.255 e. The summed E-state index contributed by atoms with van der Waals surface area (Å²) in [7, 11) is 3.50. The fourth-order valence-corrected chi connectivity index (χ4v) is 3.53. The normalized spacial score (nSPS) is 16.4. The van der Waals surface area contributed by atoms with Crippen LogP contribution in [0.5, 0.6) is 0 Å². The first kappa shape index (κ1) is 23.1. The van der Waals surface area contributed by atoms with Gasteiger partial charge in [0.25, 0.3) is 6.43 Å². The summed E-state index contributed by atoms with van der Waals surface area (Å²) in [6, 6.07) is 5.97. The Morgan fingerprint density at radius 3 is 2.66 bits per heavy atom. The molecular formula is C22H34F2N4O. The number of benzene rings is 1. The number of ether oxygens (including phenoxy) is 1. The van der Waals surface area contributed by atoms with Crippen molar-refractivity contribution in [3.05, 3.63) is 35.5 Å². The molecule has 5 nitrogen and oxygen atoms in total. The molecule has 29 heavy (non-hydrogen) atoms. The quantitative estimate of drug-likeness (QED) is 0.471. The van der Waals surface area contributed by atoms with Crippen molar-refractivity contribution in [1.82, 2.24) is 10.2 Å². The second-order valence-electron chi connectivity index (χ2n) is 7.41. The van der Waals surface area contributed by atoms with Gasteiger partial charge in [-0.25, -0.2) is 13.8 Å². The molecule has 2 N–H and O–H groups in total. The maximum Gasteiger partial charge on any atom is 0.255 e. The number of methoxy groups -OCH3 is 1. The number of aliphatic imine (C=N–C) groups is 1. The number of hydrogen-bond donors (Lipinski definition) is 2. The summed E-state index contributed by atoms with van der Waals surface area (Å²) in [5, 5.41) is 5.84. The number of nitrogens with one attached hydrogen (secondary N) is 2. The highest BCUT2D eigenvalue weighted by Crippen LogP contribution is 2.25. The predicted octanol–water partition coefficient (Wildman–Crippen LogP) is 4.36. The molecule has 0 aromatic heterocycles. The molecule has 1 aliphatic rings. The zero-order chi connectivity index (χ0) is 21.2. The van der Waals surface area contributed by atoms with Crippen molar-refractivity contribution in [2.45, 2.75) is 39.5 Å². The van der Waals surface area contributed by atoms with Crippen molar-refractivity contribution >= 4 is 17.2 Å². The Morgan fingerprint density at radius 2 is 2.07 bits per heavy atom. The molecule has 1 heterocycles. The number of rotatable bonds is 9. The second kappa shape index (κ2) is 11.8. The highest BCUT2D eigenvalue weighted by molar-refractivity contribution is 5.90. The average molecular weight is 409 g/mol. The van der Waals surface area contributed by atoms with Crippen molar-refractivity contribution < 1.29 is 13.5 Å². The predicted molar refractivity (Wildman–Crippen MR) is 117 cm³/mol. The molecule has 1 aromatic rings. The maximum atomic E-state index is 12.7. The van der Waals surface area contributed by atoms with Crippen molar-refractivity contribution in [3.63, 3.8) is 0 Å². The van der Waals surface area contributed by atoms with Crippen LogP contribution < -0.4 is 10.6 Å². The molecule has 0 unspecified atom stereocenters. The summed E-state index contributed by atoms with van der Waals surface area (Å²) in [4.78, 5) is 7.14. The lowest BCUT2D eigenvalue weighted by atomic mass is 9.94. The largest absolute Gasteiger partial charge is 0.388 e. The minimum atomic E-state index is -2.42. The van der Waals surface area contributed by atoms with Gasteiger partial charge in [0.1, 0.15) is 12.4 Å². The average Bonchev–Trinajstić information content (AvgIpc) is 2.73. The van der Waals surface area contributed by atoms with Crippen LogP contribution in [0.2, 0.25) is 0 Å². The zero-order valence-electron chi connectivity index (χ0n) is 18.0. The molecule has 162 valence electrons. The van der Waals surface area contributed by atoms with E-state index < -0.39 is 13.0 Å². The van der Waals surface area contributed by atoms with Gasteiger partial charge in [0.05, 0.1) is 12.2 Å². The maximum absolute atomic E-state index is 12.7. The molecule has 0 amide bonds. The summed E-state index contributed by atoms with van der Waals surface area (Å²) >= 11 is 0. The Labute approximate surface area is 173 Å². The van der Waals surface area contributed by atoms with E-state index in [4.69, 9.17) is 9.73 Å². The monoisotopic (exact) mass is 408 g/mol. The minimum Gasteiger partial charge on any atom is -0.388 e. The number of aryl methyl sites for hydroxylation is 1. The number of nitrogens with zero attached hydrogens (tertiary/aromatic N) is 2. The van der Waals surface area contributed by atoms with E-state index in [0.29, 0.717) is 12.3 Å². The zero-order valence-corrected chi connectivity index (χ0v) is 18.0. The SMILES string of the molecule is CCC1CCN(/C(COC)=N/C(=C\NCC(F)F)c2cc(NC)ccc2C)CC1. The molecule has 2 rings (SSSR count). The van der Waals surface area contributed by atoms with E-state index in [-0.39, 0.29) is 0 Å². The number of hydrogen-bond acceptors (Lipinski definition) is 4. The molecule has 1 saturated heterocycles. The van der Waals surface area contributed by atoms with Gasteiger partial charge in [-0.05, 0) is 43.4 Å². The van der Waals surface area contributed by atoms with Crippen molar-refractivity contribution in [2.24, 2.45) is 10.9 Å². The highest BCUT2D eigenvalue weighted by Gasteiger charge is 2.21. The number of amidine groups is 1. The van der Waals surface area contributed by atoms with Gasteiger partial charge in [-0.2, -0.15) is 0 Å². The van der Waals surface area contributed by atoms with Crippen molar-refractivity contribution in [2.75, 3.05) is 45.7 Å². The molecule has 0 radical (unpaired) electrons. The van der Waals surface area contributed by atoms with Gasteiger partial charge in [-0.1, -0.05) is 19.4 Å². The Hall–Kier alpha value is -2.15. The topological polar surface area (TPSA) is 48.9 Å². The third-order valence-corrected chi connectivity index (χ3v) is 5.39. The van der Waals surface area contributed by atoms with Gasteiger partial charge < -0.3 is 20.3 Å². The Kier molecular flexibility index (Phi) is 9.38.